The molecule has 20 heavy (non-hydrogen) atoms. The Kier molecular flexibility index (Phi) is 10.8. The van der Waals surface area contributed by atoms with Crippen molar-refractivity contribution in [2.75, 3.05) is 26.2 Å². The minimum Gasteiger partial charge on any atom is -0.314 e. The Morgan fingerprint density at radius 1 is 1.20 bits per heavy atom. The van der Waals surface area contributed by atoms with Gasteiger partial charge in [-0.05, 0) is 30.2 Å². The van der Waals surface area contributed by atoms with Crippen molar-refractivity contribution in [3.05, 3.63) is 32.7 Å². The van der Waals surface area contributed by atoms with Gasteiger partial charge in [0.05, 0.1) is 0 Å². The van der Waals surface area contributed by atoms with E-state index < -0.39 is 0 Å². The highest BCUT2D eigenvalue weighted by Crippen LogP contribution is 2.33. The number of benzene rings is 1. The highest BCUT2D eigenvalue weighted by atomic mass is 79.9. The molecule has 1 aromatic rings. The van der Waals surface area contributed by atoms with Crippen molar-refractivity contribution < 1.29 is 0 Å². The van der Waals surface area contributed by atoms with E-state index in [-0.39, 0.29) is 24.8 Å². The molecule has 116 valence electrons. The Hall–Kier alpha value is 0.680. The zero-order valence-electron chi connectivity index (χ0n) is 11.6. The van der Waals surface area contributed by atoms with Gasteiger partial charge in [0.15, 0.2) is 0 Å². The lowest BCUT2D eigenvalue weighted by molar-refractivity contribution is 0.164. The molecule has 0 spiro atoms. The molecule has 1 atom stereocenters. The molecule has 1 aromatic carbocycles. The number of nitrogens with one attached hydrogen (secondary N) is 1. The zero-order valence-corrected chi connectivity index (χ0v) is 16.4. The minimum absolute atomic E-state index is 0. The van der Waals surface area contributed by atoms with Crippen LogP contribution in [-0.2, 0) is 0 Å². The second-order valence-electron chi connectivity index (χ2n) is 4.76. The first-order valence-electron chi connectivity index (χ1n) is 6.62. The average Bonchev–Trinajstić information content (AvgIpc) is 2.40. The maximum absolute atomic E-state index is 3.70. The SMILES string of the molecule is CCC[C@@H](c1cc(Br)ccc1Br)N1CCNCC1.Cl.Cl. The van der Waals surface area contributed by atoms with Gasteiger partial charge in [-0.2, -0.15) is 0 Å². The molecule has 0 unspecified atom stereocenters. The van der Waals surface area contributed by atoms with E-state index in [1.807, 2.05) is 0 Å². The summed E-state index contributed by atoms with van der Waals surface area (Å²) in [6.45, 7) is 6.76. The molecule has 0 aromatic heterocycles. The first-order valence-corrected chi connectivity index (χ1v) is 8.20. The second kappa shape index (κ2) is 10.4. The molecule has 2 rings (SSSR count). The van der Waals surface area contributed by atoms with Crippen LogP contribution < -0.4 is 5.32 Å². The predicted octanol–water partition coefficient (Wildman–Crippen LogP) is 4.80. The lowest BCUT2D eigenvalue weighted by atomic mass is 10.00. The van der Waals surface area contributed by atoms with Crippen LogP contribution in [0, 0.1) is 0 Å². The van der Waals surface area contributed by atoms with Crippen molar-refractivity contribution in [2.45, 2.75) is 25.8 Å². The van der Waals surface area contributed by atoms with E-state index in [2.05, 4.69) is 67.2 Å². The molecule has 6 heteroatoms. The fourth-order valence-electron chi connectivity index (χ4n) is 2.57. The molecule has 1 fully saturated rings. The number of hydrogen-bond donors (Lipinski definition) is 1. The predicted molar refractivity (Wildman–Crippen MR) is 98.4 cm³/mol. The summed E-state index contributed by atoms with van der Waals surface area (Å²) in [5.41, 5.74) is 1.41. The standard InChI is InChI=1S/C14H20Br2N2.2ClH/c1-2-3-14(18-8-6-17-7-9-18)12-10-11(15)4-5-13(12)16;;/h4-5,10,14,17H,2-3,6-9H2,1H3;2*1H/t14-;;/m0../s1. The Morgan fingerprint density at radius 2 is 1.85 bits per heavy atom. The van der Waals surface area contributed by atoms with Crippen LogP contribution in [-0.4, -0.2) is 31.1 Å². The largest absolute Gasteiger partial charge is 0.314 e. The molecule has 0 bridgehead atoms. The van der Waals surface area contributed by atoms with Crippen LogP contribution in [0.2, 0.25) is 0 Å². The molecule has 1 aliphatic rings. The van der Waals surface area contributed by atoms with Crippen molar-refractivity contribution >= 4 is 56.7 Å². The van der Waals surface area contributed by atoms with Gasteiger partial charge >= 0.3 is 0 Å². The number of piperazine rings is 1. The quantitative estimate of drug-likeness (QED) is 0.711. The molecule has 1 heterocycles. The number of nitrogens with zero attached hydrogens (tertiary/aromatic N) is 1. The molecular weight excluding hydrogens is 427 g/mol. The number of rotatable bonds is 4. The second-order valence-corrected chi connectivity index (χ2v) is 6.53. The van der Waals surface area contributed by atoms with Gasteiger partial charge in [-0.3, -0.25) is 4.90 Å². The molecule has 0 amide bonds. The molecule has 1 saturated heterocycles. The van der Waals surface area contributed by atoms with Crippen LogP contribution in [0.25, 0.3) is 0 Å². The highest BCUT2D eigenvalue weighted by molar-refractivity contribution is 9.11. The maximum atomic E-state index is 3.70. The Balaban J connectivity index is 0.00000180. The van der Waals surface area contributed by atoms with Crippen LogP contribution in [0.3, 0.4) is 0 Å². The maximum Gasteiger partial charge on any atom is 0.0360 e. The summed E-state index contributed by atoms with van der Waals surface area (Å²) in [7, 11) is 0. The third-order valence-corrected chi connectivity index (χ3v) is 4.69. The summed E-state index contributed by atoms with van der Waals surface area (Å²) in [4.78, 5) is 2.60. The van der Waals surface area contributed by atoms with E-state index in [1.165, 1.54) is 22.9 Å². The van der Waals surface area contributed by atoms with Crippen LogP contribution >= 0.6 is 56.7 Å². The molecule has 1 N–H and O–H groups in total. The van der Waals surface area contributed by atoms with Crippen LogP contribution in [0.5, 0.6) is 0 Å². The molecule has 0 radical (unpaired) electrons. The van der Waals surface area contributed by atoms with E-state index in [9.17, 15) is 0 Å². The number of halogens is 4. The summed E-state index contributed by atoms with van der Waals surface area (Å²) >= 11 is 7.29. The van der Waals surface area contributed by atoms with Crippen LogP contribution in [0.4, 0.5) is 0 Å². The van der Waals surface area contributed by atoms with Gasteiger partial charge in [0.25, 0.3) is 0 Å². The minimum atomic E-state index is 0. The zero-order chi connectivity index (χ0) is 13.0. The van der Waals surface area contributed by atoms with E-state index in [0.29, 0.717) is 6.04 Å². The fourth-order valence-corrected chi connectivity index (χ4v) is 3.46. The van der Waals surface area contributed by atoms with Crippen molar-refractivity contribution in [3.63, 3.8) is 0 Å². The Bertz CT molecular complexity index is 399. The van der Waals surface area contributed by atoms with Gasteiger partial charge in [-0.15, -0.1) is 24.8 Å². The summed E-state index contributed by atoms with van der Waals surface area (Å²) in [5.74, 6) is 0. The lowest BCUT2D eigenvalue weighted by Crippen LogP contribution is -2.45. The molecule has 0 saturated carbocycles. The molecule has 1 aliphatic heterocycles. The lowest BCUT2D eigenvalue weighted by Gasteiger charge is -2.35. The summed E-state index contributed by atoms with van der Waals surface area (Å²) < 4.78 is 2.39. The number of hydrogen-bond acceptors (Lipinski definition) is 2. The molecular formula is C14H22Br2Cl2N2. The third kappa shape index (κ3) is 5.47. The van der Waals surface area contributed by atoms with Gasteiger partial charge in [0, 0.05) is 41.2 Å². The van der Waals surface area contributed by atoms with E-state index in [0.717, 1.165) is 30.7 Å². The molecule has 2 nitrogen and oxygen atoms in total. The first-order chi connectivity index (χ1) is 8.72. The van der Waals surface area contributed by atoms with Gasteiger partial charge in [0.1, 0.15) is 0 Å². The van der Waals surface area contributed by atoms with Crippen LogP contribution in [0.1, 0.15) is 31.4 Å². The first kappa shape index (κ1) is 20.7. The smallest absolute Gasteiger partial charge is 0.0360 e. The van der Waals surface area contributed by atoms with Crippen molar-refractivity contribution in [1.82, 2.24) is 10.2 Å². The Morgan fingerprint density at radius 3 is 2.45 bits per heavy atom. The average molecular weight is 449 g/mol. The van der Waals surface area contributed by atoms with Gasteiger partial charge in [-0.1, -0.05) is 45.2 Å². The summed E-state index contributed by atoms with van der Waals surface area (Å²) in [6.07, 6.45) is 2.43. The van der Waals surface area contributed by atoms with E-state index in [1.54, 1.807) is 0 Å². The molecule has 0 aliphatic carbocycles. The normalized spacial score (nSPS) is 16.9. The third-order valence-electron chi connectivity index (χ3n) is 3.47. The van der Waals surface area contributed by atoms with E-state index >= 15 is 0 Å². The van der Waals surface area contributed by atoms with Crippen LogP contribution in [0.15, 0.2) is 27.1 Å². The van der Waals surface area contributed by atoms with Gasteiger partial charge in [0.2, 0.25) is 0 Å². The summed E-state index contributed by atoms with van der Waals surface area (Å²) in [5, 5.41) is 3.43. The fraction of sp³-hybridized carbons (Fsp3) is 0.571. The monoisotopic (exact) mass is 446 g/mol. The topological polar surface area (TPSA) is 15.3 Å². The van der Waals surface area contributed by atoms with E-state index in [4.69, 9.17) is 0 Å². The summed E-state index contributed by atoms with van der Waals surface area (Å²) in [6, 6.07) is 7.02. The van der Waals surface area contributed by atoms with Crippen molar-refractivity contribution in [2.24, 2.45) is 0 Å². The Labute approximate surface area is 151 Å². The van der Waals surface area contributed by atoms with Gasteiger partial charge in [-0.25, -0.2) is 0 Å². The highest BCUT2D eigenvalue weighted by Gasteiger charge is 2.23. The van der Waals surface area contributed by atoms with Crippen molar-refractivity contribution in [3.8, 4) is 0 Å². The van der Waals surface area contributed by atoms with Gasteiger partial charge < -0.3 is 5.32 Å². The van der Waals surface area contributed by atoms with Crippen molar-refractivity contribution in [1.29, 1.82) is 0 Å².